The van der Waals surface area contributed by atoms with E-state index in [0.717, 1.165) is 30.0 Å². The van der Waals surface area contributed by atoms with Gasteiger partial charge in [-0.2, -0.15) is 0 Å². The highest BCUT2D eigenvalue weighted by Crippen LogP contribution is 2.29. The second kappa shape index (κ2) is 8.51. The smallest absolute Gasteiger partial charge is 0.00706 e. The van der Waals surface area contributed by atoms with Gasteiger partial charge in [0.2, 0.25) is 0 Å². The Morgan fingerprint density at radius 2 is 1.25 bits per heavy atom. The van der Waals surface area contributed by atoms with Crippen LogP contribution in [0.5, 0.6) is 0 Å². The first-order chi connectivity index (χ1) is 11.5. The van der Waals surface area contributed by atoms with Gasteiger partial charge in [0, 0.05) is 37.8 Å². The number of hydrogen-bond acceptors (Lipinski definition) is 3. The molecule has 3 atom stereocenters. The van der Waals surface area contributed by atoms with Crippen molar-refractivity contribution in [1.82, 2.24) is 14.7 Å². The van der Waals surface area contributed by atoms with Crippen molar-refractivity contribution in [3.8, 4) is 0 Å². The molecule has 0 spiro atoms. The van der Waals surface area contributed by atoms with Crippen LogP contribution in [0.2, 0.25) is 0 Å². The molecule has 3 heterocycles. The van der Waals surface area contributed by atoms with Crippen LogP contribution in [0.3, 0.4) is 0 Å². The molecule has 3 aliphatic rings. The highest BCUT2D eigenvalue weighted by molar-refractivity contribution is 4.88. The minimum absolute atomic E-state index is 0.740. The monoisotopic (exact) mass is 335 g/mol. The van der Waals surface area contributed by atoms with Crippen LogP contribution in [-0.2, 0) is 0 Å². The topological polar surface area (TPSA) is 9.72 Å². The van der Waals surface area contributed by atoms with Gasteiger partial charge in [0.25, 0.3) is 0 Å². The van der Waals surface area contributed by atoms with Crippen molar-refractivity contribution in [2.45, 2.75) is 84.3 Å². The van der Waals surface area contributed by atoms with Gasteiger partial charge < -0.3 is 14.7 Å². The summed E-state index contributed by atoms with van der Waals surface area (Å²) in [6, 6.07) is 2.33. The number of hydrogen-bond donors (Lipinski definition) is 0. The summed E-state index contributed by atoms with van der Waals surface area (Å²) < 4.78 is 0. The van der Waals surface area contributed by atoms with Crippen molar-refractivity contribution in [2.75, 3.05) is 39.3 Å². The highest BCUT2D eigenvalue weighted by Gasteiger charge is 2.33. The predicted octanol–water partition coefficient (Wildman–Crippen LogP) is 3.69. The Bertz CT molecular complexity index is 371. The average Bonchev–Trinajstić information content (AvgIpc) is 2.99. The molecule has 24 heavy (non-hydrogen) atoms. The van der Waals surface area contributed by atoms with Gasteiger partial charge in [0.05, 0.1) is 0 Å². The maximum absolute atomic E-state index is 2.80. The minimum Gasteiger partial charge on any atom is -0.301 e. The van der Waals surface area contributed by atoms with E-state index in [9.17, 15) is 0 Å². The highest BCUT2D eigenvalue weighted by atomic mass is 15.2. The van der Waals surface area contributed by atoms with Gasteiger partial charge in [-0.05, 0) is 91.3 Å². The Morgan fingerprint density at radius 1 is 0.667 bits per heavy atom. The molecule has 0 radical (unpaired) electrons. The Balaban J connectivity index is 1.35. The summed E-state index contributed by atoms with van der Waals surface area (Å²) in [7, 11) is 0. The maximum Gasteiger partial charge on any atom is 0.00706 e. The molecule has 0 aromatic heterocycles. The second-order valence-electron chi connectivity index (χ2n) is 9.33. The van der Waals surface area contributed by atoms with Gasteiger partial charge in [0.1, 0.15) is 0 Å². The molecule has 0 aromatic rings. The second-order valence-corrected chi connectivity index (χ2v) is 9.33. The predicted molar refractivity (Wildman–Crippen MR) is 103 cm³/mol. The fraction of sp³-hybridized carbons (Fsp3) is 1.00. The minimum atomic E-state index is 0.740. The standard InChI is InChI=1S/C21H41N3/c1-17(2)24-15-21(16-24)13-19(4)23-11-8-20(14-23)12-18(3)22-9-6-5-7-10-22/h17-21H,5-16H2,1-4H3. The van der Waals surface area contributed by atoms with Gasteiger partial charge >= 0.3 is 0 Å². The zero-order valence-electron chi connectivity index (χ0n) is 16.7. The first kappa shape index (κ1) is 18.7. The molecule has 3 rings (SSSR count). The van der Waals surface area contributed by atoms with Crippen molar-refractivity contribution in [1.29, 1.82) is 0 Å². The van der Waals surface area contributed by atoms with Gasteiger partial charge in [-0.25, -0.2) is 0 Å². The van der Waals surface area contributed by atoms with Crippen LogP contribution in [0.25, 0.3) is 0 Å². The van der Waals surface area contributed by atoms with E-state index in [-0.39, 0.29) is 0 Å². The molecular weight excluding hydrogens is 294 g/mol. The zero-order valence-corrected chi connectivity index (χ0v) is 16.7. The Kier molecular flexibility index (Phi) is 6.62. The summed E-state index contributed by atoms with van der Waals surface area (Å²) in [6.07, 6.45) is 8.57. The SMILES string of the molecule is CC(C)N1CC(CC(C)N2CCC(CC(C)N3CCCCC3)C2)C1. The quantitative estimate of drug-likeness (QED) is 0.702. The van der Waals surface area contributed by atoms with E-state index in [4.69, 9.17) is 0 Å². The largest absolute Gasteiger partial charge is 0.301 e. The normalized spacial score (nSPS) is 30.6. The first-order valence-corrected chi connectivity index (χ1v) is 10.7. The molecule has 3 saturated heterocycles. The average molecular weight is 336 g/mol. The Labute approximate surface area is 150 Å². The third kappa shape index (κ3) is 4.74. The van der Waals surface area contributed by atoms with E-state index in [1.165, 1.54) is 77.8 Å². The van der Waals surface area contributed by atoms with Crippen LogP contribution in [0, 0.1) is 11.8 Å². The number of rotatable bonds is 7. The van der Waals surface area contributed by atoms with Crippen molar-refractivity contribution in [3.05, 3.63) is 0 Å². The van der Waals surface area contributed by atoms with Gasteiger partial charge in [-0.15, -0.1) is 0 Å². The van der Waals surface area contributed by atoms with Crippen LogP contribution in [0.1, 0.15) is 66.2 Å². The lowest BCUT2D eigenvalue weighted by Gasteiger charge is -2.44. The summed E-state index contributed by atoms with van der Waals surface area (Å²) >= 11 is 0. The van der Waals surface area contributed by atoms with E-state index in [1.54, 1.807) is 0 Å². The van der Waals surface area contributed by atoms with E-state index in [2.05, 4.69) is 42.4 Å². The van der Waals surface area contributed by atoms with Crippen LogP contribution in [-0.4, -0.2) is 72.1 Å². The van der Waals surface area contributed by atoms with Crippen molar-refractivity contribution in [3.63, 3.8) is 0 Å². The molecule has 0 amide bonds. The molecule has 3 nitrogen and oxygen atoms in total. The van der Waals surface area contributed by atoms with Crippen LogP contribution in [0.4, 0.5) is 0 Å². The molecule has 3 fully saturated rings. The lowest BCUT2D eigenvalue weighted by atomic mass is 9.91. The van der Waals surface area contributed by atoms with Crippen LogP contribution >= 0.6 is 0 Å². The summed E-state index contributed by atoms with van der Waals surface area (Å²) in [4.78, 5) is 8.17. The van der Waals surface area contributed by atoms with Crippen LogP contribution in [0.15, 0.2) is 0 Å². The molecule has 3 heteroatoms. The molecule has 0 saturated carbocycles. The Morgan fingerprint density at radius 3 is 1.92 bits per heavy atom. The third-order valence-electron chi connectivity index (χ3n) is 7.02. The Hall–Kier alpha value is -0.120. The number of nitrogens with zero attached hydrogens (tertiary/aromatic N) is 3. The molecule has 0 bridgehead atoms. The molecule has 3 unspecified atom stereocenters. The fourth-order valence-corrected chi connectivity index (χ4v) is 5.26. The molecule has 0 aliphatic carbocycles. The van der Waals surface area contributed by atoms with E-state index >= 15 is 0 Å². The van der Waals surface area contributed by atoms with Crippen molar-refractivity contribution < 1.29 is 0 Å². The fourth-order valence-electron chi connectivity index (χ4n) is 5.26. The van der Waals surface area contributed by atoms with Crippen LogP contribution < -0.4 is 0 Å². The summed E-state index contributed by atoms with van der Waals surface area (Å²) in [5, 5.41) is 0. The summed E-state index contributed by atoms with van der Waals surface area (Å²) in [6.45, 7) is 17.7. The van der Waals surface area contributed by atoms with Gasteiger partial charge in [0.15, 0.2) is 0 Å². The zero-order chi connectivity index (χ0) is 17.1. The molecule has 3 aliphatic heterocycles. The van der Waals surface area contributed by atoms with E-state index in [0.29, 0.717) is 0 Å². The maximum atomic E-state index is 2.80. The van der Waals surface area contributed by atoms with Gasteiger partial charge in [-0.1, -0.05) is 6.42 Å². The molecule has 140 valence electrons. The lowest BCUT2D eigenvalue weighted by molar-refractivity contribution is 0.0454. The lowest BCUT2D eigenvalue weighted by Crippen LogP contribution is -2.52. The van der Waals surface area contributed by atoms with E-state index < -0.39 is 0 Å². The number of likely N-dealkylation sites (tertiary alicyclic amines) is 3. The number of piperidine rings is 1. The van der Waals surface area contributed by atoms with Crippen molar-refractivity contribution >= 4 is 0 Å². The molecule has 0 N–H and O–H groups in total. The van der Waals surface area contributed by atoms with Gasteiger partial charge in [-0.3, -0.25) is 0 Å². The molecule has 0 aromatic carbocycles. The molecular formula is C21H41N3. The first-order valence-electron chi connectivity index (χ1n) is 10.7. The van der Waals surface area contributed by atoms with Crippen molar-refractivity contribution in [2.24, 2.45) is 11.8 Å². The van der Waals surface area contributed by atoms with E-state index in [1.807, 2.05) is 0 Å². The summed E-state index contributed by atoms with van der Waals surface area (Å²) in [5.74, 6) is 1.90. The third-order valence-corrected chi connectivity index (χ3v) is 7.02. The summed E-state index contributed by atoms with van der Waals surface area (Å²) in [5.41, 5.74) is 0.